The molecule has 96 valence electrons. The molecule has 0 spiro atoms. The largest absolute Gasteiger partial charge is 0.394 e. The highest BCUT2D eigenvalue weighted by molar-refractivity contribution is 4.83. The molecule has 2 N–H and O–H groups in total. The summed E-state index contributed by atoms with van der Waals surface area (Å²) in [7, 11) is 0. The van der Waals surface area contributed by atoms with Gasteiger partial charge in [-0.05, 0) is 52.4 Å². The molecule has 0 radical (unpaired) electrons. The van der Waals surface area contributed by atoms with Gasteiger partial charge in [0.15, 0.2) is 0 Å². The predicted molar refractivity (Wildman–Crippen MR) is 68.7 cm³/mol. The Hall–Kier alpha value is -0.120. The van der Waals surface area contributed by atoms with Gasteiger partial charge in [-0.25, -0.2) is 0 Å². The second-order valence-electron chi connectivity index (χ2n) is 5.25. The lowest BCUT2D eigenvalue weighted by molar-refractivity contribution is 0.148. The molecule has 3 nitrogen and oxygen atoms in total. The average Bonchev–Trinajstić information content (AvgIpc) is 2.55. The van der Waals surface area contributed by atoms with E-state index in [1.165, 1.54) is 38.8 Å². The molecule has 3 heteroatoms. The summed E-state index contributed by atoms with van der Waals surface area (Å²) in [5.41, 5.74) is -0.0962. The highest BCUT2D eigenvalue weighted by Gasteiger charge is 2.22. The lowest BCUT2D eigenvalue weighted by Crippen LogP contribution is -2.48. The highest BCUT2D eigenvalue weighted by Crippen LogP contribution is 2.14. The summed E-state index contributed by atoms with van der Waals surface area (Å²) in [6.45, 7) is 8.98. The van der Waals surface area contributed by atoms with Gasteiger partial charge in [0.2, 0.25) is 0 Å². The smallest absolute Gasteiger partial charge is 0.0611 e. The van der Waals surface area contributed by atoms with Crippen LogP contribution in [0.5, 0.6) is 0 Å². The van der Waals surface area contributed by atoms with Crippen molar-refractivity contribution in [2.75, 3.05) is 32.8 Å². The third-order valence-electron chi connectivity index (χ3n) is 3.63. The molecule has 1 fully saturated rings. The van der Waals surface area contributed by atoms with Gasteiger partial charge in [0, 0.05) is 5.54 Å². The number of likely N-dealkylation sites (N-methyl/N-ethyl adjacent to an activating group) is 1. The van der Waals surface area contributed by atoms with Crippen molar-refractivity contribution in [2.45, 2.75) is 51.5 Å². The first-order chi connectivity index (χ1) is 7.70. The zero-order valence-electron chi connectivity index (χ0n) is 11.0. The number of likely N-dealkylation sites (tertiary alicyclic amines) is 1. The Morgan fingerprint density at radius 1 is 1.19 bits per heavy atom. The molecule has 1 saturated heterocycles. The van der Waals surface area contributed by atoms with Crippen LogP contribution in [0.1, 0.15) is 46.0 Å². The van der Waals surface area contributed by atoms with Crippen LogP contribution in [0, 0.1) is 0 Å². The lowest BCUT2D eigenvalue weighted by atomic mass is 9.98. The Kier molecular flexibility index (Phi) is 6.32. The lowest BCUT2D eigenvalue weighted by Gasteiger charge is -2.31. The third kappa shape index (κ3) is 4.81. The molecule has 1 atom stereocenters. The number of nitrogens with zero attached hydrogens (tertiary/aromatic N) is 1. The molecular weight excluding hydrogens is 200 g/mol. The van der Waals surface area contributed by atoms with Gasteiger partial charge in [-0.3, -0.25) is 0 Å². The molecule has 0 aromatic heterocycles. The first-order valence-electron chi connectivity index (χ1n) is 6.78. The van der Waals surface area contributed by atoms with E-state index < -0.39 is 0 Å². The van der Waals surface area contributed by atoms with E-state index in [1.807, 2.05) is 0 Å². The summed E-state index contributed by atoms with van der Waals surface area (Å²) < 4.78 is 0. The Morgan fingerprint density at radius 2 is 1.81 bits per heavy atom. The summed E-state index contributed by atoms with van der Waals surface area (Å²) in [6.07, 6.45) is 6.51. The van der Waals surface area contributed by atoms with E-state index in [0.717, 1.165) is 19.5 Å². The zero-order chi connectivity index (χ0) is 11.9. The molecule has 16 heavy (non-hydrogen) atoms. The normalized spacial score (nSPS) is 22.7. The second-order valence-corrected chi connectivity index (χ2v) is 5.25. The topological polar surface area (TPSA) is 35.5 Å². The molecule has 0 aromatic rings. The van der Waals surface area contributed by atoms with E-state index in [1.54, 1.807) is 0 Å². The van der Waals surface area contributed by atoms with Crippen molar-refractivity contribution >= 4 is 0 Å². The van der Waals surface area contributed by atoms with Crippen LogP contribution in [-0.2, 0) is 0 Å². The van der Waals surface area contributed by atoms with Gasteiger partial charge in [-0.1, -0.05) is 19.8 Å². The van der Waals surface area contributed by atoms with E-state index in [2.05, 4.69) is 24.1 Å². The van der Waals surface area contributed by atoms with Crippen molar-refractivity contribution < 1.29 is 5.11 Å². The standard InChI is InChI=1S/C13H28N2O/c1-3-14-13(2,12-16)8-11-15-9-6-4-5-7-10-15/h14,16H,3-12H2,1-2H3. The zero-order valence-corrected chi connectivity index (χ0v) is 11.0. The van der Waals surface area contributed by atoms with Gasteiger partial charge in [0.05, 0.1) is 6.61 Å². The van der Waals surface area contributed by atoms with E-state index in [4.69, 9.17) is 0 Å². The Morgan fingerprint density at radius 3 is 2.31 bits per heavy atom. The average molecular weight is 228 g/mol. The fourth-order valence-electron chi connectivity index (χ4n) is 2.41. The maximum absolute atomic E-state index is 9.42. The molecule has 1 aliphatic heterocycles. The maximum atomic E-state index is 9.42. The number of aliphatic hydroxyl groups is 1. The quantitative estimate of drug-likeness (QED) is 0.725. The SMILES string of the molecule is CCNC(C)(CO)CCN1CCCCCC1. The fraction of sp³-hybridized carbons (Fsp3) is 1.00. The molecule has 1 rings (SSSR count). The Bertz CT molecular complexity index is 179. The minimum absolute atomic E-state index is 0.0962. The van der Waals surface area contributed by atoms with Crippen LogP contribution in [0.4, 0.5) is 0 Å². The summed E-state index contributed by atoms with van der Waals surface area (Å²) in [4.78, 5) is 2.55. The number of hydrogen-bond donors (Lipinski definition) is 2. The molecule has 0 amide bonds. The van der Waals surface area contributed by atoms with Crippen LogP contribution < -0.4 is 5.32 Å². The van der Waals surface area contributed by atoms with Crippen molar-refractivity contribution in [3.63, 3.8) is 0 Å². The first kappa shape index (κ1) is 13.9. The van der Waals surface area contributed by atoms with Gasteiger partial charge in [-0.15, -0.1) is 0 Å². The van der Waals surface area contributed by atoms with Crippen molar-refractivity contribution in [1.29, 1.82) is 0 Å². The van der Waals surface area contributed by atoms with E-state index in [0.29, 0.717) is 0 Å². The van der Waals surface area contributed by atoms with Crippen LogP contribution >= 0.6 is 0 Å². The number of hydrogen-bond acceptors (Lipinski definition) is 3. The highest BCUT2D eigenvalue weighted by atomic mass is 16.3. The first-order valence-corrected chi connectivity index (χ1v) is 6.78. The maximum Gasteiger partial charge on any atom is 0.0611 e. The van der Waals surface area contributed by atoms with E-state index >= 15 is 0 Å². The van der Waals surface area contributed by atoms with Crippen LogP contribution in [0.3, 0.4) is 0 Å². The van der Waals surface area contributed by atoms with E-state index in [9.17, 15) is 5.11 Å². The molecular formula is C13H28N2O. The Balaban J connectivity index is 2.29. The molecule has 1 heterocycles. The molecule has 0 saturated carbocycles. The van der Waals surface area contributed by atoms with Gasteiger partial charge in [0.1, 0.15) is 0 Å². The Labute approximate surface area is 100 Å². The van der Waals surface area contributed by atoms with Crippen molar-refractivity contribution in [3.8, 4) is 0 Å². The van der Waals surface area contributed by atoms with Gasteiger partial charge in [-0.2, -0.15) is 0 Å². The van der Waals surface area contributed by atoms with Crippen molar-refractivity contribution in [3.05, 3.63) is 0 Å². The van der Waals surface area contributed by atoms with Crippen LogP contribution in [-0.4, -0.2) is 48.3 Å². The molecule has 1 aliphatic rings. The summed E-state index contributed by atoms with van der Waals surface area (Å²) in [5.74, 6) is 0. The van der Waals surface area contributed by atoms with Crippen LogP contribution in [0.2, 0.25) is 0 Å². The van der Waals surface area contributed by atoms with Gasteiger partial charge >= 0.3 is 0 Å². The summed E-state index contributed by atoms with van der Waals surface area (Å²) in [6, 6.07) is 0. The summed E-state index contributed by atoms with van der Waals surface area (Å²) in [5, 5.41) is 12.8. The van der Waals surface area contributed by atoms with Crippen LogP contribution in [0.25, 0.3) is 0 Å². The third-order valence-corrected chi connectivity index (χ3v) is 3.63. The fourth-order valence-corrected chi connectivity index (χ4v) is 2.41. The minimum Gasteiger partial charge on any atom is -0.394 e. The predicted octanol–water partition coefficient (Wildman–Crippen LogP) is 1.61. The van der Waals surface area contributed by atoms with Gasteiger partial charge in [0.25, 0.3) is 0 Å². The number of rotatable bonds is 6. The monoisotopic (exact) mass is 228 g/mol. The minimum atomic E-state index is -0.0962. The molecule has 0 bridgehead atoms. The molecule has 0 aliphatic carbocycles. The van der Waals surface area contributed by atoms with Gasteiger partial charge < -0.3 is 15.3 Å². The summed E-state index contributed by atoms with van der Waals surface area (Å²) >= 11 is 0. The molecule has 1 unspecified atom stereocenters. The number of aliphatic hydroxyl groups excluding tert-OH is 1. The number of nitrogens with one attached hydrogen (secondary N) is 1. The second kappa shape index (κ2) is 7.25. The van der Waals surface area contributed by atoms with Crippen molar-refractivity contribution in [1.82, 2.24) is 10.2 Å². The van der Waals surface area contributed by atoms with Crippen LogP contribution in [0.15, 0.2) is 0 Å². The van der Waals surface area contributed by atoms with E-state index in [-0.39, 0.29) is 12.1 Å². The van der Waals surface area contributed by atoms with Crippen molar-refractivity contribution in [2.24, 2.45) is 0 Å². The molecule has 0 aromatic carbocycles.